The Bertz CT molecular complexity index is 753. The molecule has 1 fully saturated rings. The molecule has 0 unspecified atom stereocenters. The van der Waals surface area contributed by atoms with E-state index in [1.54, 1.807) is 0 Å². The second-order valence-electron chi connectivity index (χ2n) is 7.20. The first-order valence-electron chi connectivity index (χ1n) is 8.58. The fraction of sp³-hybridized carbons (Fsp3) is 0.500. The predicted octanol–water partition coefficient (Wildman–Crippen LogP) is 3.76. The number of carbonyl (C=O) groups is 1. The zero-order chi connectivity index (χ0) is 18.0. The lowest BCUT2D eigenvalue weighted by molar-refractivity contribution is -0.116. The Morgan fingerprint density at radius 2 is 2.24 bits per heavy atom. The second-order valence-corrected chi connectivity index (χ2v) is 8.62. The summed E-state index contributed by atoms with van der Waals surface area (Å²) in [6.45, 7) is 7.31. The minimum absolute atomic E-state index is 0.00271. The summed E-state index contributed by atoms with van der Waals surface area (Å²) in [7, 11) is 0. The molecular weight excluding hydrogens is 352 g/mol. The second kappa shape index (κ2) is 7.25. The normalized spacial score (nSPS) is 19.7. The Labute approximate surface area is 157 Å². The van der Waals surface area contributed by atoms with Crippen LogP contribution in [0, 0.1) is 0 Å². The van der Waals surface area contributed by atoms with Gasteiger partial charge in [-0.1, -0.05) is 23.5 Å². The maximum atomic E-state index is 12.2. The minimum atomic E-state index is 0.00271. The summed E-state index contributed by atoms with van der Waals surface area (Å²) >= 11 is 6.98. The Morgan fingerprint density at radius 1 is 1.48 bits per heavy atom. The number of nitrogens with zero attached hydrogens (tertiary/aromatic N) is 2. The first-order valence-corrected chi connectivity index (χ1v) is 9.81. The van der Waals surface area contributed by atoms with E-state index in [1.165, 1.54) is 11.3 Å². The number of benzene rings is 1. The lowest BCUT2D eigenvalue weighted by atomic mass is 9.93. The molecule has 1 amide bonds. The number of rotatable bonds is 5. The molecule has 1 aliphatic heterocycles. The van der Waals surface area contributed by atoms with E-state index in [2.05, 4.69) is 41.3 Å². The monoisotopic (exact) mass is 376 g/mol. The van der Waals surface area contributed by atoms with Crippen molar-refractivity contribution >= 4 is 49.9 Å². The number of amides is 1. The highest BCUT2D eigenvalue weighted by molar-refractivity contribution is 7.80. The van der Waals surface area contributed by atoms with Gasteiger partial charge in [-0.25, -0.2) is 4.98 Å². The van der Waals surface area contributed by atoms with Gasteiger partial charge in [-0.05, 0) is 58.0 Å². The Hall–Kier alpha value is -1.73. The van der Waals surface area contributed by atoms with E-state index in [0.717, 1.165) is 34.7 Å². The number of anilines is 1. The Kier molecular flexibility index (Phi) is 5.24. The zero-order valence-electron chi connectivity index (χ0n) is 14.8. The van der Waals surface area contributed by atoms with Gasteiger partial charge in [-0.2, -0.15) is 0 Å². The summed E-state index contributed by atoms with van der Waals surface area (Å²) in [4.78, 5) is 18.8. The molecule has 5 nitrogen and oxygen atoms in total. The highest BCUT2D eigenvalue weighted by Crippen LogP contribution is 2.26. The first-order chi connectivity index (χ1) is 11.8. The maximum Gasteiger partial charge on any atom is 0.226 e. The quantitative estimate of drug-likeness (QED) is 0.778. The van der Waals surface area contributed by atoms with Gasteiger partial charge >= 0.3 is 0 Å². The fourth-order valence-electron chi connectivity index (χ4n) is 3.30. The van der Waals surface area contributed by atoms with Crippen molar-refractivity contribution in [2.24, 2.45) is 0 Å². The number of thiazole rings is 1. The number of hydrogen-bond acceptors (Lipinski definition) is 4. The summed E-state index contributed by atoms with van der Waals surface area (Å²) < 4.78 is 1.08. The van der Waals surface area contributed by atoms with Crippen LogP contribution >= 0.6 is 23.6 Å². The van der Waals surface area contributed by atoms with Crippen LogP contribution in [0.25, 0.3) is 10.2 Å². The van der Waals surface area contributed by atoms with Crippen molar-refractivity contribution in [3.63, 3.8) is 0 Å². The van der Waals surface area contributed by atoms with Gasteiger partial charge in [0.25, 0.3) is 0 Å². The molecule has 134 valence electrons. The molecule has 0 bridgehead atoms. The van der Waals surface area contributed by atoms with Crippen molar-refractivity contribution in [3.05, 3.63) is 24.3 Å². The Morgan fingerprint density at radius 3 is 2.96 bits per heavy atom. The van der Waals surface area contributed by atoms with Crippen molar-refractivity contribution in [3.8, 4) is 0 Å². The largest absolute Gasteiger partial charge is 0.358 e. The van der Waals surface area contributed by atoms with Crippen molar-refractivity contribution in [1.82, 2.24) is 15.2 Å². The van der Waals surface area contributed by atoms with E-state index in [4.69, 9.17) is 12.2 Å². The van der Waals surface area contributed by atoms with Crippen molar-refractivity contribution in [1.29, 1.82) is 0 Å². The average molecular weight is 377 g/mol. The van der Waals surface area contributed by atoms with Crippen molar-refractivity contribution < 1.29 is 4.79 Å². The van der Waals surface area contributed by atoms with E-state index < -0.39 is 0 Å². The summed E-state index contributed by atoms with van der Waals surface area (Å²) in [5, 5.41) is 7.73. The van der Waals surface area contributed by atoms with Crippen molar-refractivity contribution in [2.45, 2.75) is 51.6 Å². The van der Waals surface area contributed by atoms with Crippen LogP contribution in [0.2, 0.25) is 0 Å². The molecule has 0 saturated carbocycles. The summed E-state index contributed by atoms with van der Waals surface area (Å²) in [5.41, 5.74) is 0.959. The van der Waals surface area contributed by atoms with Crippen LogP contribution in [0.5, 0.6) is 0 Å². The number of hydrogen-bond donors (Lipinski definition) is 2. The van der Waals surface area contributed by atoms with Crippen LogP contribution in [0.15, 0.2) is 24.3 Å². The Balaban J connectivity index is 1.48. The van der Waals surface area contributed by atoms with Gasteiger partial charge in [0, 0.05) is 24.5 Å². The predicted molar refractivity (Wildman–Crippen MR) is 108 cm³/mol. The molecule has 7 heteroatoms. The molecule has 0 aliphatic carbocycles. The molecule has 3 rings (SSSR count). The highest BCUT2D eigenvalue weighted by Gasteiger charge is 2.32. The van der Waals surface area contributed by atoms with Gasteiger partial charge in [-0.15, -0.1) is 0 Å². The van der Waals surface area contributed by atoms with Crippen LogP contribution in [-0.4, -0.2) is 39.0 Å². The van der Waals surface area contributed by atoms with E-state index in [0.29, 0.717) is 17.6 Å². The summed E-state index contributed by atoms with van der Waals surface area (Å²) in [5.74, 6) is 0.00271. The van der Waals surface area contributed by atoms with Gasteiger partial charge in [0.1, 0.15) is 0 Å². The molecular formula is C18H24N4OS2. The summed E-state index contributed by atoms with van der Waals surface area (Å²) in [6.07, 6.45) is 2.26. The molecule has 1 atom stereocenters. The van der Waals surface area contributed by atoms with Gasteiger partial charge < -0.3 is 15.5 Å². The number of nitrogens with one attached hydrogen (secondary N) is 2. The van der Waals surface area contributed by atoms with Crippen molar-refractivity contribution in [2.75, 3.05) is 11.9 Å². The number of para-hydroxylation sites is 1. The molecule has 2 N–H and O–H groups in total. The smallest absolute Gasteiger partial charge is 0.226 e. The summed E-state index contributed by atoms with van der Waals surface area (Å²) in [6, 6.07) is 8.27. The van der Waals surface area contributed by atoms with Crippen LogP contribution < -0.4 is 10.6 Å². The molecule has 1 aromatic heterocycles. The molecule has 0 spiro atoms. The van der Waals surface area contributed by atoms with E-state index in [1.807, 2.05) is 24.3 Å². The molecule has 0 radical (unpaired) electrons. The fourth-order valence-corrected chi connectivity index (χ4v) is 4.73. The SMILES string of the molecule is C[C@@H]1CC(C)(C)NC(=S)N1CCCC(=O)Nc1nc2ccccc2s1. The zero-order valence-corrected chi connectivity index (χ0v) is 16.5. The van der Waals surface area contributed by atoms with Crippen LogP contribution in [0.3, 0.4) is 0 Å². The van der Waals surface area contributed by atoms with Gasteiger partial charge in [0.2, 0.25) is 5.91 Å². The molecule has 25 heavy (non-hydrogen) atoms. The van der Waals surface area contributed by atoms with Gasteiger partial charge in [-0.3, -0.25) is 4.79 Å². The van der Waals surface area contributed by atoms with Gasteiger partial charge in [0.15, 0.2) is 10.2 Å². The number of aromatic nitrogens is 1. The molecule has 1 saturated heterocycles. The molecule has 1 aliphatic rings. The average Bonchev–Trinajstić information content (AvgIpc) is 2.91. The van der Waals surface area contributed by atoms with Gasteiger partial charge in [0.05, 0.1) is 10.2 Å². The maximum absolute atomic E-state index is 12.2. The number of carbonyl (C=O) groups excluding carboxylic acids is 1. The third kappa shape index (κ3) is 4.46. The molecule has 1 aromatic carbocycles. The van der Waals surface area contributed by atoms with E-state index in [-0.39, 0.29) is 11.4 Å². The number of fused-ring (bicyclic) bond motifs is 1. The third-order valence-corrected chi connectivity index (χ3v) is 5.68. The van der Waals surface area contributed by atoms with Crippen LogP contribution in [-0.2, 0) is 4.79 Å². The van der Waals surface area contributed by atoms with Crippen LogP contribution in [0.1, 0.15) is 40.0 Å². The van der Waals surface area contributed by atoms with Crippen LogP contribution in [0.4, 0.5) is 5.13 Å². The number of thiocarbonyl (C=S) groups is 1. The standard InChI is InChI=1S/C18H24N4OS2/c1-12-11-18(2,3)21-17(24)22(12)10-6-9-15(23)20-16-19-13-7-4-5-8-14(13)25-16/h4-5,7-8,12H,6,9-11H2,1-3H3,(H,21,24)(H,19,20,23)/t12-/m1/s1. The molecule has 2 aromatic rings. The lowest BCUT2D eigenvalue weighted by Gasteiger charge is -2.44. The minimum Gasteiger partial charge on any atom is -0.358 e. The first kappa shape index (κ1) is 18.1. The van der Waals surface area contributed by atoms with E-state index >= 15 is 0 Å². The highest BCUT2D eigenvalue weighted by atomic mass is 32.1. The molecule has 2 heterocycles. The lowest BCUT2D eigenvalue weighted by Crippen LogP contribution is -2.60. The topological polar surface area (TPSA) is 57.3 Å². The third-order valence-electron chi connectivity index (χ3n) is 4.39. The van der Waals surface area contributed by atoms with E-state index in [9.17, 15) is 4.79 Å².